The summed E-state index contributed by atoms with van der Waals surface area (Å²) in [6.07, 6.45) is 8.50. The van der Waals surface area contributed by atoms with Gasteiger partial charge < -0.3 is 28.5 Å². The molecule has 18 heavy (non-hydrogen) atoms. The first-order valence-electron chi connectivity index (χ1n) is 7.13. The molecule has 2 heterocycles. The lowest BCUT2D eigenvalue weighted by molar-refractivity contribution is -0.951. The van der Waals surface area contributed by atoms with Crippen molar-refractivity contribution >= 4 is 0 Å². The van der Waals surface area contributed by atoms with Crippen molar-refractivity contribution in [1.82, 2.24) is 0 Å². The van der Waals surface area contributed by atoms with Crippen molar-refractivity contribution in [2.45, 2.75) is 44.1 Å². The third kappa shape index (κ3) is 2.34. The predicted octanol–water partition coefficient (Wildman–Crippen LogP) is 0.396. The van der Waals surface area contributed by atoms with Crippen LogP contribution in [0.15, 0.2) is 30.3 Å². The smallest absolute Gasteiger partial charge is 0.103 e. The van der Waals surface area contributed by atoms with E-state index in [1.165, 1.54) is 56.1 Å². The Morgan fingerprint density at radius 3 is 2.44 bits per heavy atom. The Balaban J connectivity index is 0.00000120. The highest BCUT2D eigenvalue weighted by Crippen LogP contribution is 2.45. The molecule has 1 aromatic carbocycles. The number of piperidine rings is 1. The molecule has 2 fully saturated rings. The van der Waals surface area contributed by atoms with E-state index >= 15 is 0 Å². The first kappa shape index (κ1) is 14.3. The predicted molar refractivity (Wildman–Crippen MR) is 71.9 cm³/mol. The van der Waals surface area contributed by atoms with E-state index in [-0.39, 0.29) is 24.0 Å². The van der Waals surface area contributed by atoms with Crippen LogP contribution in [0.5, 0.6) is 0 Å². The highest BCUT2D eigenvalue weighted by Gasteiger charge is 2.52. The summed E-state index contributed by atoms with van der Waals surface area (Å²) in [6, 6.07) is 11.1. The van der Waals surface area contributed by atoms with Gasteiger partial charge in [-0.3, -0.25) is 0 Å². The van der Waals surface area contributed by atoms with Crippen molar-refractivity contribution in [2.24, 2.45) is 0 Å². The van der Waals surface area contributed by atoms with Gasteiger partial charge in [0.2, 0.25) is 0 Å². The average molecular weight is 357 g/mol. The number of fused-ring (bicyclic) bond motifs is 1. The van der Waals surface area contributed by atoms with Gasteiger partial charge in [0.25, 0.3) is 0 Å². The second-order valence-corrected chi connectivity index (χ2v) is 6.29. The van der Waals surface area contributed by atoms with Crippen LogP contribution >= 0.6 is 0 Å². The quantitative estimate of drug-likeness (QED) is 0.531. The lowest BCUT2D eigenvalue weighted by atomic mass is 9.79. The van der Waals surface area contributed by atoms with E-state index in [0.29, 0.717) is 5.54 Å². The van der Waals surface area contributed by atoms with Crippen molar-refractivity contribution in [3.05, 3.63) is 35.9 Å². The molecule has 0 radical (unpaired) electrons. The number of quaternary nitrogens is 1. The fraction of sp³-hybridized carbons (Fsp3) is 0.625. The lowest BCUT2D eigenvalue weighted by Crippen LogP contribution is -3.00. The Hall–Kier alpha value is -0.0900. The van der Waals surface area contributed by atoms with Gasteiger partial charge in [-0.05, 0) is 18.4 Å². The fourth-order valence-corrected chi connectivity index (χ4v) is 4.27. The molecule has 0 spiro atoms. The van der Waals surface area contributed by atoms with E-state index in [4.69, 9.17) is 0 Å². The zero-order valence-corrected chi connectivity index (χ0v) is 13.5. The maximum atomic E-state index is 2.51. The van der Waals surface area contributed by atoms with Crippen molar-refractivity contribution in [3.63, 3.8) is 0 Å². The fourth-order valence-electron chi connectivity index (χ4n) is 4.27. The molecule has 2 atom stereocenters. The molecule has 0 aliphatic carbocycles. The van der Waals surface area contributed by atoms with Crippen LogP contribution in [-0.2, 0) is 6.42 Å². The molecule has 100 valence electrons. The van der Waals surface area contributed by atoms with Crippen molar-refractivity contribution < 1.29 is 28.5 Å². The van der Waals surface area contributed by atoms with Gasteiger partial charge in [0.15, 0.2) is 0 Å². The van der Waals surface area contributed by atoms with Crippen LogP contribution < -0.4 is 24.0 Å². The Morgan fingerprint density at radius 1 is 1.00 bits per heavy atom. The minimum atomic E-state index is 0. The SMILES string of the molecule is C[N+]12CCCCC1(Cc1ccccc1)CCC2.[I-]. The minimum Gasteiger partial charge on any atom is -1.00 e. The molecule has 2 heteroatoms. The van der Waals surface area contributed by atoms with Crippen molar-refractivity contribution in [3.8, 4) is 0 Å². The number of hydrogen-bond donors (Lipinski definition) is 0. The zero-order chi connectivity index (χ0) is 11.8. The maximum absolute atomic E-state index is 2.51. The molecular weight excluding hydrogens is 333 g/mol. The van der Waals surface area contributed by atoms with Gasteiger partial charge in [-0.2, -0.15) is 0 Å². The van der Waals surface area contributed by atoms with Gasteiger partial charge in [-0.15, -0.1) is 0 Å². The third-order valence-electron chi connectivity index (χ3n) is 5.36. The van der Waals surface area contributed by atoms with Crippen LogP contribution in [0, 0.1) is 0 Å². The number of nitrogens with zero attached hydrogens (tertiary/aromatic N) is 1. The molecule has 0 saturated carbocycles. The van der Waals surface area contributed by atoms with Crippen LogP contribution in [0.1, 0.15) is 37.7 Å². The molecule has 0 bridgehead atoms. The number of benzene rings is 1. The lowest BCUT2D eigenvalue weighted by Gasteiger charge is -2.50. The Bertz CT molecular complexity index is 391. The summed E-state index contributed by atoms with van der Waals surface area (Å²) in [7, 11) is 2.51. The highest BCUT2D eigenvalue weighted by molar-refractivity contribution is 5.17. The van der Waals surface area contributed by atoms with Crippen LogP contribution in [0.3, 0.4) is 0 Å². The van der Waals surface area contributed by atoms with E-state index in [1.54, 1.807) is 5.56 Å². The molecule has 3 rings (SSSR count). The summed E-state index contributed by atoms with van der Waals surface area (Å²) in [5, 5.41) is 0. The standard InChI is InChI=1S/C16H24N.HI/c1-17-12-6-5-10-16(17,11-7-13-17)14-15-8-3-2-4-9-15;/h2-4,8-9H,5-7,10-14H2,1H3;1H/q+1;/p-1. The summed E-state index contributed by atoms with van der Waals surface area (Å²) in [5.74, 6) is 0. The monoisotopic (exact) mass is 357 g/mol. The van der Waals surface area contributed by atoms with E-state index < -0.39 is 0 Å². The first-order valence-corrected chi connectivity index (χ1v) is 7.13. The normalized spacial score (nSPS) is 34.7. The largest absolute Gasteiger partial charge is 1.00 e. The first-order chi connectivity index (χ1) is 8.24. The van der Waals surface area contributed by atoms with E-state index in [9.17, 15) is 0 Å². The molecule has 0 amide bonds. The summed E-state index contributed by atoms with van der Waals surface area (Å²) >= 11 is 0. The number of rotatable bonds is 2. The van der Waals surface area contributed by atoms with E-state index in [2.05, 4.69) is 37.4 Å². The van der Waals surface area contributed by atoms with Crippen molar-refractivity contribution in [1.29, 1.82) is 0 Å². The maximum Gasteiger partial charge on any atom is 0.103 e. The highest BCUT2D eigenvalue weighted by atomic mass is 127. The Labute approximate surface area is 128 Å². The van der Waals surface area contributed by atoms with E-state index in [1.807, 2.05) is 0 Å². The van der Waals surface area contributed by atoms with Crippen LogP contribution in [0.25, 0.3) is 0 Å². The van der Waals surface area contributed by atoms with Crippen LogP contribution in [-0.4, -0.2) is 30.2 Å². The summed E-state index contributed by atoms with van der Waals surface area (Å²) in [5.41, 5.74) is 2.11. The van der Waals surface area contributed by atoms with Crippen molar-refractivity contribution in [2.75, 3.05) is 20.1 Å². The van der Waals surface area contributed by atoms with Crippen LogP contribution in [0.2, 0.25) is 0 Å². The molecule has 2 unspecified atom stereocenters. The number of likely N-dealkylation sites (N-methyl/N-ethyl adjacent to an activating group) is 1. The summed E-state index contributed by atoms with van der Waals surface area (Å²) < 4.78 is 1.35. The molecule has 2 saturated heterocycles. The van der Waals surface area contributed by atoms with Gasteiger partial charge in [0.05, 0.1) is 20.1 Å². The van der Waals surface area contributed by atoms with Crippen LogP contribution in [0.4, 0.5) is 0 Å². The van der Waals surface area contributed by atoms with Gasteiger partial charge in [0, 0.05) is 25.7 Å². The van der Waals surface area contributed by atoms with Gasteiger partial charge in [-0.1, -0.05) is 30.3 Å². The Morgan fingerprint density at radius 2 is 1.67 bits per heavy atom. The summed E-state index contributed by atoms with van der Waals surface area (Å²) in [4.78, 5) is 0. The Kier molecular flexibility index (Phi) is 4.37. The second-order valence-electron chi connectivity index (χ2n) is 6.29. The molecule has 2 aliphatic rings. The topological polar surface area (TPSA) is 0 Å². The second kappa shape index (κ2) is 5.49. The number of hydrogen-bond acceptors (Lipinski definition) is 0. The van der Waals surface area contributed by atoms with Gasteiger partial charge in [0.1, 0.15) is 5.54 Å². The average Bonchev–Trinajstić information content (AvgIpc) is 2.67. The molecule has 1 aromatic rings. The van der Waals surface area contributed by atoms with Gasteiger partial charge >= 0.3 is 0 Å². The minimum absolute atomic E-state index is 0. The molecule has 0 aromatic heterocycles. The zero-order valence-electron chi connectivity index (χ0n) is 11.4. The van der Waals surface area contributed by atoms with Gasteiger partial charge in [-0.25, -0.2) is 0 Å². The molecule has 2 aliphatic heterocycles. The summed E-state index contributed by atoms with van der Waals surface area (Å²) in [6.45, 7) is 2.82. The molecular formula is C16H24IN. The molecule has 1 nitrogen and oxygen atoms in total. The molecule has 0 N–H and O–H groups in total. The third-order valence-corrected chi connectivity index (χ3v) is 5.36. The van der Waals surface area contributed by atoms with E-state index in [0.717, 1.165) is 0 Å². The number of halogens is 1.